The van der Waals surface area contributed by atoms with Crippen LogP contribution in [0.5, 0.6) is 0 Å². The van der Waals surface area contributed by atoms with E-state index >= 15 is 0 Å². The average molecular weight is 261 g/mol. The molecule has 0 amide bonds. The second-order valence-electron chi connectivity index (χ2n) is 5.96. The zero-order chi connectivity index (χ0) is 13.1. The molecule has 1 atom stereocenters. The van der Waals surface area contributed by atoms with Gasteiger partial charge in [0.2, 0.25) is 5.95 Å². The molecule has 2 fully saturated rings. The highest BCUT2D eigenvalue weighted by atomic mass is 15.3. The van der Waals surface area contributed by atoms with Crippen LogP contribution >= 0.6 is 0 Å². The quantitative estimate of drug-likeness (QED) is 0.906. The Morgan fingerprint density at radius 1 is 1.21 bits per heavy atom. The third kappa shape index (κ3) is 3.14. The maximum Gasteiger partial charge on any atom is 0.247 e. The van der Waals surface area contributed by atoms with Gasteiger partial charge in [0, 0.05) is 19.1 Å². The smallest absolute Gasteiger partial charge is 0.247 e. The summed E-state index contributed by atoms with van der Waals surface area (Å²) in [5.74, 6) is 2.40. The summed E-state index contributed by atoms with van der Waals surface area (Å²) < 4.78 is 0. The molecule has 0 spiro atoms. The van der Waals surface area contributed by atoms with E-state index in [1.54, 1.807) is 6.20 Å². The molecule has 5 nitrogen and oxygen atoms in total. The number of hydrogen-bond donors (Lipinski definition) is 1. The largest absolute Gasteiger partial charge is 0.366 e. The molecule has 5 heteroatoms. The minimum atomic E-state index is 0.574. The van der Waals surface area contributed by atoms with Crippen molar-refractivity contribution in [3.63, 3.8) is 0 Å². The van der Waals surface area contributed by atoms with Gasteiger partial charge in [-0.15, -0.1) is 5.10 Å². The Bertz CT molecular complexity index is 416. The molecule has 0 bridgehead atoms. The molecule has 1 aliphatic heterocycles. The zero-order valence-corrected chi connectivity index (χ0v) is 11.7. The van der Waals surface area contributed by atoms with Gasteiger partial charge in [0.15, 0.2) is 5.82 Å². The fourth-order valence-corrected chi connectivity index (χ4v) is 3.15. The van der Waals surface area contributed by atoms with Crippen molar-refractivity contribution in [1.82, 2.24) is 15.2 Å². The third-order valence-electron chi connectivity index (χ3n) is 4.19. The van der Waals surface area contributed by atoms with Gasteiger partial charge in [-0.2, -0.15) is 10.1 Å². The van der Waals surface area contributed by atoms with Gasteiger partial charge in [-0.3, -0.25) is 0 Å². The lowest BCUT2D eigenvalue weighted by molar-refractivity contribution is 0.441. The average Bonchev–Trinajstić information content (AvgIpc) is 2.92. The maximum absolute atomic E-state index is 4.64. The van der Waals surface area contributed by atoms with Crippen LogP contribution < -0.4 is 10.2 Å². The molecule has 1 aliphatic carbocycles. The number of hydrogen-bond acceptors (Lipinski definition) is 5. The first-order valence-corrected chi connectivity index (χ1v) is 7.52. The number of aromatic nitrogens is 3. The van der Waals surface area contributed by atoms with E-state index in [2.05, 4.69) is 32.3 Å². The van der Waals surface area contributed by atoms with Gasteiger partial charge in [-0.05, 0) is 31.6 Å². The van der Waals surface area contributed by atoms with E-state index in [9.17, 15) is 0 Å². The van der Waals surface area contributed by atoms with Crippen molar-refractivity contribution < 1.29 is 0 Å². The Kier molecular flexibility index (Phi) is 3.80. The number of anilines is 2. The van der Waals surface area contributed by atoms with Crippen molar-refractivity contribution >= 4 is 11.8 Å². The lowest BCUT2D eigenvalue weighted by Crippen LogP contribution is -2.35. The first kappa shape index (κ1) is 12.6. The van der Waals surface area contributed by atoms with Crippen molar-refractivity contribution in [2.24, 2.45) is 5.92 Å². The SMILES string of the molecule is CC1CCCN(c2nncc(NC3CCCC3)n2)C1. The van der Waals surface area contributed by atoms with Crippen LogP contribution in [0.25, 0.3) is 0 Å². The third-order valence-corrected chi connectivity index (χ3v) is 4.19. The molecule has 1 N–H and O–H groups in total. The van der Waals surface area contributed by atoms with Crippen LogP contribution in [0.4, 0.5) is 11.8 Å². The fraction of sp³-hybridized carbons (Fsp3) is 0.786. The topological polar surface area (TPSA) is 53.9 Å². The van der Waals surface area contributed by atoms with Gasteiger partial charge >= 0.3 is 0 Å². The summed E-state index contributed by atoms with van der Waals surface area (Å²) in [5, 5.41) is 11.8. The van der Waals surface area contributed by atoms with E-state index < -0.39 is 0 Å². The first-order chi connectivity index (χ1) is 9.31. The van der Waals surface area contributed by atoms with E-state index in [0.29, 0.717) is 6.04 Å². The minimum absolute atomic E-state index is 0.574. The molecule has 2 aliphatic rings. The Morgan fingerprint density at radius 3 is 2.84 bits per heavy atom. The van der Waals surface area contributed by atoms with E-state index in [1.165, 1.54) is 38.5 Å². The molecule has 1 aromatic rings. The lowest BCUT2D eigenvalue weighted by Gasteiger charge is -2.30. The van der Waals surface area contributed by atoms with Gasteiger partial charge in [0.05, 0.1) is 6.20 Å². The number of rotatable bonds is 3. The first-order valence-electron chi connectivity index (χ1n) is 7.52. The molecule has 19 heavy (non-hydrogen) atoms. The summed E-state index contributed by atoms with van der Waals surface area (Å²) in [5.41, 5.74) is 0. The minimum Gasteiger partial charge on any atom is -0.366 e. The van der Waals surface area contributed by atoms with Crippen LogP contribution in [0.3, 0.4) is 0 Å². The van der Waals surface area contributed by atoms with Crippen molar-refractivity contribution in [3.8, 4) is 0 Å². The highest BCUT2D eigenvalue weighted by molar-refractivity contribution is 5.40. The summed E-state index contributed by atoms with van der Waals surface area (Å²) >= 11 is 0. The van der Waals surface area contributed by atoms with Crippen LogP contribution in [0.15, 0.2) is 6.20 Å². The second kappa shape index (κ2) is 5.72. The Balaban J connectivity index is 1.68. The molecular weight excluding hydrogens is 238 g/mol. The summed E-state index contributed by atoms with van der Waals surface area (Å²) in [6, 6.07) is 0.574. The van der Waals surface area contributed by atoms with Crippen LogP contribution in [0.1, 0.15) is 45.4 Å². The van der Waals surface area contributed by atoms with Gasteiger partial charge in [0.1, 0.15) is 0 Å². The molecule has 1 saturated heterocycles. The Hall–Kier alpha value is -1.39. The van der Waals surface area contributed by atoms with Crippen molar-refractivity contribution in [2.45, 2.75) is 51.5 Å². The van der Waals surface area contributed by atoms with Crippen molar-refractivity contribution in [2.75, 3.05) is 23.3 Å². The van der Waals surface area contributed by atoms with E-state index in [0.717, 1.165) is 30.8 Å². The lowest BCUT2D eigenvalue weighted by atomic mass is 10.0. The van der Waals surface area contributed by atoms with E-state index in [1.807, 2.05) is 0 Å². The van der Waals surface area contributed by atoms with Gasteiger partial charge in [-0.1, -0.05) is 19.8 Å². The van der Waals surface area contributed by atoms with Crippen LogP contribution in [0.2, 0.25) is 0 Å². The number of nitrogens with one attached hydrogen (secondary N) is 1. The van der Waals surface area contributed by atoms with Gasteiger partial charge < -0.3 is 10.2 Å². The summed E-state index contributed by atoms with van der Waals surface area (Å²) in [4.78, 5) is 6.90. The number of piperidine rings is 1. The maximum atomic E-state index is 4.64. The van der Waals surface area contributed by atoms with Crippen LogP contribution in [-0.2, 0) is 0 Å². The van der Waals surface area contributed by atoms with E-state index in [-0.39, 0.29) is 0 Å². The van der Waals surface area contributed by atoms with Crippen LogP contribution in [0, 0.1) is 5.92 Å². The molecule has 0 radical (unpaired) electrons. The summed E-state index contributed by atoms with van der Waals surface area (Å²) in [6.07, 6.45) is 9.43. The molecule has 2 heterocycles. The normalized spacial score (nSPS) is 24.7. The summed E-state index contributed by atoms with van der Waals surface area (Å²) in [7, 11) is 0. The van der Waals surface area contributed by atoms with E-state index in [4.69, 9.17) is 0 Å². The second-order valence-corrected chi connectivity index (χ2v) is 5.96. The fourth-order valence-electron chi connectivity index (χ4n) is 3.15. The van der Waals surface area contributed by atoms with Crippen LogP contribution in [-0.4, -0.2) is 34.3 Å². The molecule has 104 valence electrons. The Labute approximate surface area is 114 Å². The zero-order valence-electron chi connectivity index (χ0n) is 11.7. The summed E-state index contributed by atoms with van der Waals surface area (Å²) in [6.45, 7) is 4.40. The molecule has 1 saturated carbocycles. The highest BCUT2D eigenvalue weighted by Gasteiger charge is 2.20. The van der Waals surface area contributed by atoms with Crippen molar-refractivity contribution in [1.29, 1.82) is 0 Å². The standard InChI is InChI=1S/C14H23N5/c1-11-5-4-8-19(10-11)14-17-13(9-15-18-14)16-12-6-2-3-7-12/h9,11-12H,2-8,10H2,1H3,(H,16,17,18). The predicted molar refractivity (Wildman–Crippen MR) is 76.3 cm³/mol. The van der Waals surface area contributed by atoms with Crippen molar-refractivity contribution in [3.05, 3.63) is 6.20 Å². The molecular formula is C14H23N5. The molecule has 3 rings (SSSR count). The predicted octanol–water partition coefficient (Wildman–Crippen LogP) is 2.46. The number of nitrogens with zero attached hydrogens (tertiary/aromatic N) is 4. The monoisotopic (exact) mass is 261 g/mol. The van der Waals surface area contributed by atoms with Gasteiger partial charge in [-0.25, -0.2) is 0 Å². The van der Waals surface area contributed by atoms with Gasteiger partial charge in [0.25, 0.3) is 0 Å². The molecule has 1 unspecified atom stereocenters. The molecule has 1 aromatic heterocycles. The molecule has 0 aromatic carbocycles. The highest BCUT2D eigenvalue weighted by Crippen LogP contribution is 2.23. The Morgan fingerprint density at radius 2 is 2.05 bits per heavy atom.